The maximum atomic E-state index is 13.0. The van der Waals surface area contributed by atoms with Crippen molar-refractivity contribution in [3.8, 4) is 0 Å². The molecule has 3 fully saturated rings. The first-order valence-corrected chi connectivity index (χ1v) is 9.11. The third kappa shape index (κ3) is 2.35. The molecular formula is C20H19N3O4. The van der Waals surface area contributed by atoms with Gasteiger partial charge >= 0.3 is 0 Å². The van der Waals surface area contributed by atoms with Gasteiger partial charge in [0.05, 0.1) is 19.0 Å². The van der Waals surface area contributed by atoms with Gasteiger partial charge in [0.25, 0.3) is 5.91 Å². The molecule has 0 saturated carbocycles. The lowest BCUT2D eigenvalue weighted by atomic mass is 10.1. The van der Waals surface area contributed by atoms with Gasteiger partial charge in [0, 0.05) is 30.8 Å². The molecule has 2 aromatic rings. The summed E-state index contributed by atoms with van der Waals surface area (Å²) in [6.45, 7) is 1.01. The van der Waals surface area contributed by atoms with Crippen LogP contribution in [0.25, 0.3) is 0 Å². The molecule has 138 valence electrons. The zero-order valence-corrected chi connectivity index (χ0v) is 14.6. The Morgan fingerprint density at radius 3 is 2.78 bits per heavy atom. The number of amides is 2. The highest BCUT2D eigenvalue weighted by Gasteiger charge is 2.65. The molecule has 3 aliphatic heterocycles. The van der Waals surface area contributed by atoms with Gasteiger partial charge in [-0.2, -0.15) is 0 Å². The molecule has 2 amide bonds. The maximum absolute atomic E-state index is 13.0. The molecule has 0 unspecified atom stereocenters. The highest BCUT2D eigenvalue weighted by molar-refractivity contribution is 5.95. The topological polar surface area (TPSA) is 82.7 Å². The van der Waals surface area contributed by atoms with E-state index in [0.29, 0.717) is 25.1 Å². The highest BCUT2D eigenvalue weighted by Crippen LogP contribution is 2.50. The number of benzene rings is 1. The molecule has 0 bridgehead atoms. The summed E-state index contributed by atoms with van der Waals surface area (Å²) in [6, 6.07) is 12.4. The summed E-state index contributed by atoms with van der Waals surface area (Å²) in [5, 5.41) is 0. The van der Waals surface area contributed by atoms with Crippen LogP contribution in [0.5, 0.6) is 0 Å². The van der Waals surface area contributed by atoms with Crippen molar-refractivity contribution in [2.75, 3.05) is 13.1 Å². The Balaban J connectivity index is 1.46. The lowest BCUT2D eigenvalue weighted by molar-refractivity contribution is -0.138. The molecule has 3 saturated heterocycles. The molecule has 7 nitrogen and oxygen atoms in total. The van der Waals surface area contributed by atoms with Crippen LogP contribution in [0.15, 0.2) is 53.5 Å². The van der Waals surface area contributed by atoms with Gasteiger partial charge in [0.1, 0.15) is 6.10 Å². The average Bonchev–Trinajstić information content (AvgIpc) is 3.30. The number of carbonyl (C=O) groups is 2. The van der Waals surface area contributed by atoms with E-state index in [4.69, 9.17) is 4.74 Å². The van der Waals surface area contributed by atoms with Crippen molar-refractivity contribution in [1.29, 1.82) is 0 Å². The van der Waals surface area contributed by atoms with Crippen LogP contribution in [0.4, 0.5) is 0 Å². The van der Waals surface area contributed by atoms with Crippen LogP contribution in [-0.4, -0.2) is 51.5 Å². The van der Waals surface area contributed by atoms with E-state index >= 15 is 0 Å². The van der Waals surface area contributed by atoms with Crippen LogP contribution < -0.4 is 5.56 Å². The van der Waals surface area contributed by atoms with Gasteiger partial charge in [0.2, 0.25) is 11.5 Å². The molecular weight excluding hydrogens is 346 g/mol. The first-order valence-electron chi connectivity index (χ1n) is 9.11. The summed E-state index contributed by atoms with van der Waals surface area (Å²) in [4.78, 5) is 43.2. The molecule has 1 N–H and O–H groups in total. The van der Waals surface area contributed by atoms with E-state index in [-0.39, 0.29) is 35.9 Å². The van der Waals surface area contributed by atoms with Gasteiger partial charge in [-0.15, -0.1) is 0 Å². The third-order valence-electron chi connectivity index (χ3n) is 5.88. The molecule has 0 aliphatic carbocycles. The lowest BCUT2D eigenvalue weighted by Gasteiger charge is -2.32. The van der Waals surface area contributed by atoms with Crippen molar-refractivity contribution in [1.82, 2.24) is 14.8 Å². The van der Waals surface area contributed by atoms with Crippen molar-refractivity contribution >= 4 is 11.8 Å². The molecule has 1 aromatic heterocycles. The van der Waals surface area contributed by atoms with E-state index < -0.39 is 5.72 Å². The Morgan fingerprint density at radius 1 is 1.19 bits per heavy atom. The number of pyridine rings is 1. The summed E-state index contributed by atoms with van der Waals surface area (Å²) in [7, 11) is 0. The molecule has 7 heteroatoms. The average molecular weight is 365 g/mol. The molecule has 27 heavy (non-hydrogen) atoms. The van der Waals surface area contributed by atoms with Crippen LogP contribution in [0, 0.1) is 0 Å². The van der Waals surface area contributed by atoms with Crippen LogP contribution >= 0.6 is 0 Å². The number of nitrogens with zero attached hydrogens (tertiary/aromatic N) is 2. The second-order valence-electron chi connectivity index (χ2n) is 7.28. The zero-order chi connectivity index (χ0) is 18.6. The minimum absolute atomic E-state index is 0.0156. The Hall–Kier alpha value is -2.93. The minimum Gasteiger partial charge on any atom is -0.343 e. The molecule has 4 heterocycles. The fourth-order valence-corrected chi connectivity index (χ4v) is 4.65. The first-order chi connectivity index (χ1) is 13.1. The normalized spacial score (nSPS) is 29.1. The summed E-state index contributed by atoms with van der Waals surface area (Å²) in [5.41, 5.74) is 0.292. The van der Waals surface area contributed by atoms with Crippen molar-refractivity contribution in [3.63, 3.8) is 0 Å². The third-order valence-corrected chi connectivity index (χ3v) is 5.88. The second kappa shape index (κ2) is 5.79. The largest absolute Gasteiger partial charge is 0.343 e. The van der Waals surface area contributed by atoms with Gasteiger partial charge in [-0.25, -0.2) is 0 Å². The first kappa shape index (κ1) is 16.3. The van der Waals surface area contributed by atoms with Crippen molar-refractivity contribution in [2.24, 2.45) is 0 Å². The molecule has 5 rings (SSSR count). The summed E-state index contributed by atoms with van der Waals surface area (Å²) >= 11 is 0. The van der Waals surface area contributed by atoms with Crippen molar-refractivity contribution in [3.05, 3.63) is 70.1 Å². The molecule has 1 aromatic carbocycles. The number of hydrogen-bond acceptors (Lipinski definition) is 4. The monoisotopic (exact) mass is 365 g/mol. The number of nitrogens with one attached hydrogen (secondary N) is 1. The van der Waals surface area contributed by atoms with Gasteiger partial charge < -0.3 is 19.5 Å². The smallest absolute Gasteiger partial charge is 0.254 e. The van der Waals surface area contributed by atoms with E-state index in [1.165, 1.54) is 12.3 Å². The van der Waals surface area contributed by atoms with Crippen LogP contribution in [-0.2, 0) is 9.53 Å². The lowest BCUT2D eigenvalue weighted by Crippen LogP contribution is -2.48. The Labute approximate surface area is 155 Å². The number of H-pyrrole nitrogens is 1. The van der Waals surface area contributed by atoms with Gasteiger partial charge in [-0.1, -0.05) is 30.3 Å². The zero-order valence-electron chi connectivity index (χ0n) is 14.6. The quantitative estimate of drug-likeness (QED) is 0.869. The second-order valence-corrected chi connectivity index (χ2v) is 7.28. The summed E-state index contributed by atoms with van der Waals surface area (Å²) in [5.74, 6) is -0.216. The maximum Gasteiger partial charge on any atom is 0.254 e. The number of aromatic nitrogens is 1. The predicted octanol–water partition coefficient (Wildman–Crippen LogP) is 1.29. The number of aromatic amines is 1. The molecule has 3 atom stereocenters. The molecule has 3 aliphatic rings. The van der Waals surface area contributed by atoms with Gasteiger partial charge in [0.15, 0.2) is 5.72 Å². The Bertz CT molecular complexity index is 972. The summed E-state index contributed by atoms with van der Waals surface area (Å²) in [6.07, 6.45) is 2.12. The van der Waals surface area contributed by atoms with E-state index in [9.17, 15) is 14.4 Å². The van der Waals surface area contributed by atoms with E-state index in [1.807, 2.05) is 30.3 Å². The van der Waals surface area contributed by atoms with Crippen LogP contribution in [0.2, 0.25) is 0 Å². The van der Waals surface area contributed by atoms with Gasteiger partial charge in [-0.3, -0.25) is 14.4 Å². The van der Waals surface area contributed by atoms with Crippen molar-refractivity contribution in [2.45, 2.75) is 30.7 Å². The number of hydrogen-bond donors (Lipinski definition) is 1. The Kier molecular flexibility index (Phi) is 3.48. The Morgan fingerprint density at radius 2 is 2.00 bits per heavy atom. The predicted molar refractivity (Wildman–Crippen MR) is 95.8 cm³/mol. The van der Waals surface area contributed by atoms with Crippen LogP contribution in [0.3, 0.4) is 0 Å². The number of ether oxygens (including phenoxy) is 1. The molecule has 1 spiro atoms. The number of carbonyl (C=O) groups excluding carboxylic acids is 2. The minimum atomic E-state index is -0.756. The highest BCUT2D eigenvalue weighted by atomic mass is 16.5. The van der Waals surface area contributed by atoms with E-state index in [1.54, 1.807) is 15.9 Å². The number of rotatable bonds is 2. The summed E-state index contributed by atoms with van der Waals surface area (Å²) < 4.78 is 6.44. The van der Waals surface area contributed by atoms with Gasteiger partial charge in [-0.05, 0) is 11.6 Å². The molecule has 0 radical (unpaired) electrons. The van der Waals surface area contributed by atoms with Crippen molar-refractivity contribution < 1.29 is 14.3 Å². The standard InChI is InChI=1S/C20H19N3O4/c24-17-10-14(6-8-21-17)19(26)22-9-7-20-16(22)11-18(25)23(20)12-15(27-20)13-4-2-1-3-5-13/h1-6,8,10,15-16H,7,9,11-12H2,(H,21,24)/t15-,16-,20+/m1/s1. The van der Waals surface area contributed by atoms with E-state index in [0.717, 1.165) is 5.56 Å². The fraction of sp³-hybridized carbons (Fsp3) is 0.350. The van der Waals surface area contributed by atoms with E-state index in [2.05, 4.69) is 4.98 Å². The fourth-order valence-electron chi connectivity index (χ4n) is 4.65. The SMILES string of the molecule is O=C(c1cc[nH]c(=O)c1)N1CC[C@@]23O[C@@H](c4ccccc4)CN2C(=O)C[C@@H]13. The van der Waals surface area contributed by atoms with Crippen LogP contribution in [0.1, 0.15) is 34.9 Å². The number of likely N-dealkylation sites (tertiary alicyclic amines) is 1.